The summed E-state index contributed by atoms with van der Waals surface area (Å²) in [5, 5.41) is 20.2. The molecule has 1 atom stereocenters. The Hall–Kier alpha value is -2.12. The molecule has 0 bridgehead atoms. The van der Waals surface area contributed by atoms with Crippen LogP contribution in [0, 0.1) is 5.92 Å². The summed E-state index contributed by atoms with van der Waals surface area (Å²) < 4.78 is 0. The average Bonchev–Trinajstić information content (AvgIpc) is 2.78. The molecule has 8 heteroatoms. The fourth-order valence-electron chi connectivity index (χ4n) is 1.35. The average molecular weight is 255 g/mol. The molecular formula is C10H17N5O3. The van der Waals surface area contributed by atoms with E-state index in [0.29, 0.717) is 18.8 Å². The van der Waals surface area contributed by atoms with Gasteiger partial charge in [-0.3, -0.25) is 5.10 Å². The SMILES string of the molecule is CC(C)[C@H](NC(=O)NCCc1ncn[nH]1)C(=O)O. The normalized spacial score (nSPS) is 12.2. The number of amides is 2. The van der Waals surface area contributed by atoms with Crippen LogP contribution in [0.15, 0.2) is 6.33 Å². The highest BCUT2D eigenvalue weighted by atomic mass is 16.4. The van der Waals surface area contributed by atoms with Gasteiger partial charge < -0.3 is 15.7 Å². The van der Waals surface area contributed by atoms with E-state index in [4.69, 9.17) is 5.11 Å². The molecule has 0 aromatic carbocycles. The number of nitrogens with zero attached hydrogens (tertiary/aromatic N) is 2. The van der Waals surface area contributed by atoms with Crippen molar-refractivity contribution < 1.29 is 14.7 Å². The first-order chi connectivity index (χ1) is 8.50. The Bertz CT molecular complexity index is 390. The first-order valence-corrected chi connectivity index (χ1v) is 5.62. The Kier molecular flexibility index (Phi) is 5.09. The lowest BCUT2D eigenvalue weighted by Gasteiger charge is -2.18. The van der Waals surface area contributed by atoms with Gasteiger partial charge in [0.25, 0.3) is 0 Å². The fraction of sp³-hybridized carbons (Fsp3) is 0.600. The highest BCUT2D eigenvalue weighted by molar-refractivity contribution is 5.82. The lowest BCUT2D eigenvalue weighted by Crippen LogP contribution is -2.48. The number of carbonyl (C=O) groups excluding carboxylic acids is 1. The van der Waals surface area contributed by atoms with Gasteiger partial charge in [0.15, 0.2) is 0 Å². The van der Waals surface area contributed by atoms with E-state index >= 15 is 0 Å². The maximum Gasteiger partial charge on any atom is 0.326 e. The first kappa shape index (κ1) is 13.9. The number of carboxylic acids is 1. The van der Waals surface area contributed by atoms with Crippen molar-refractivity contribution >= 4 is 12.0 Å². The summed E-state index contributed by atoms with van der Waals surface area (Å²) >= 11 is 0. The molecule has 100 valence electrons. The molecule has 0 aliphatic rings. The van der Waals surface area contributed by atoms with E-state index in [1.54, 1.807) is 13.8 Å². The lowest BCUT2D eigenvalue weighted by molar-refractivity contribution is -0.140. The molecule has 1 rings (SSSR count). The molecule has 1 aromatic rings. The molecule has 0 unspecified atom stereocenters. The molecule has 0 aliphatic carbocycles. The second-order valence-corrected chi connectivity index (χ2v) is 4.14. The molecule has 8 nitrogen and oxygen atoms in total. The van der Waals surface area contributed by atoms with Crippen LogP contribution in [0.1, 0.15) is 19.7 Å². The third kappa shape index (κ3) is 4.40. The van der Waals surface area contributed by atoms with Crippen LogP contribution in [0.4, 0.5) is 4.79 Å². The topological polar surface area (TPSA) is 120 Å². The molecular weight excluding hydrogens is 238 g/mol. The van der Waals surface area contributed by atoms with Crippen molar-refractivity contribution in [2.24, 2.45) is 5.92 Å². The van der Waals surface area contributed by atoms with Gasteiger partial charge in [-0.1, -0.05) is 13.8 Å². The van der Waals surface area contributed by atoms with E-state index in [1.807, 2.05) is 0 Å². The van der Waals surface area contributed by atoms with Crippen molar-refractivity contribution in [3.63, 3.8) is 0 Å². The second-order valence-electron chi connectivity index (χ2n) is 4.14. The number of hydrogen-bond donors (Lipinski definition) is 4. The Labute approximate surface area is 104 Å². The van der Waals surface area contributed by atoms with Crippen molar-refractivity contribution in [3.05, 3.63) is 12.2 Å². The predicted molar refractivity (Wildman–Crippen MR) is 62.9 cm³/mol. The van der Waals surface area contributed by atoms with Gasteiger partial charge in [-0.15, -0.1) is 0 Å². The smallest absolute Gasteiger partial charge is 0.326 e. The third-order valence-corrected chi connectivity index (χ3v) is 2.33. The number of aliphatic carboxylic acids is 1. The van der Waals surface area contributed by atoms with Gasteiger partial charge in [-0.05, 0) is 5.92 Å². The Morgan fingerprint density at radius 3 is 2.72 bits per heavy atom. The lowest BCUT2D eigenvalue weighted by atomic mass is 10.1. The first-order valence-electron chi connectivity index (χ1n) is 5.62. The summed E-state index contributed by atoms with van der Waals surface area (Å²) in [6.45, 7) is 3.81. The van der Waals surface area contributed by atoms with Gasteiger partial charge in [0.2, 0.25) is 0 Å². The Morgan fingerprint density at radius 1 is 1.50 bits per heavy atom. The van der Waals surface area contributed by atoms with Crippen LogP contribution in [-0.4, -0.2) is 44.9 Å². The molecule has 0 fully saturated rings. The summed E-state index contributed by atoms with van der Waals surface area (Å²) in [5.74, 6) is -0.563. The number of rotatable bonds is 6. The van der Waals surface area contributed by atoms with E-state index in [1.165, 1.54) is 6.33 Å². The minimum absolute atomic E-state index is 0.178. The molecule has 0 radical (unpaired) electrons. The highest BCUT2D eigenvalue weighted by Crippen LogP contribution is 2.01. The Morgan fingerprint density at radius 2 is 2.22 bits per heavy atom. The minimum Gasteiger partial charge on any atom is -0.480 e. The molecule has 0 aliphatic heterocycles. The fourth-order valence-corrected chi connectivity index (χ4v) is 1.35. The van der Waals surface area contributed by atoms with Gasteiger partial charge in [0.1, 0.15) is 18.2 Å². The van der Waals surface area contributed by atoms with E-state index < -0.39 is 18.0 Å². The van der Waals surface area contributed by atoms with Crippen LogP contribution in [0.2, 0.25) is 0 Å². The molecule has 0 spiro atoms. The number of H-pyrrole nitrogens is 1. The predicted octanol–water partition coefficient (Wildman–Crippen LogP) is -0.244. The van der Waals surface area contributed by atoms with E-state index in [9.17, 15) is 9.59 Å². The van der Waals surface area contributed by atoms with Gasteiger partial charge in [-0.25, -0.2) is 14.6 Å². The van der Waals surface area contributed by atoms with Crippen LogP contribution in [0.25, 0.3) is 0 Å². The second kappa shape index (κ2) is 6.58. The van der Waals surface area contributed by atoms with Crippen molar-refractivity contribution in [1.29, 1.82) is 0 Å². The number of aromatic amines is 1. The van der Waals surface area contributed by atoms with Crippen LogP contribution < -0.4 is 10.6 Å². The van der Waals surface area contributed by atoms with Crippen LogP contribution in [-0.2, 0) is 11.2 Å². The Balaban J connectivity index is 2.30. The molecule has 1 aromatic heterocycles. The van der Waals surface area contributed by atoms with Crippen molar-refractivity contribution in [3.8, 4) is 0 Å². The van der Waals surface area contributed by atoms with Crippen LogP contribution >= 0.6 is 0 Å². The largest absolute Gasteiger partial charge is 0.480 e. The van der Waals surface area contributed by atoms with E-state index in [-0.39, 0.29) is 5.92 Å². The zero-order valence-electron chi connectivity index (χ0n) is 10.3. The number of carboxylic acid groups (broad SMARTS) is 1. The maximum atomic E-state index is 11.5. The zero-order valence-corrected chi connectivity index (χ0v) is 10.3. The van der Waals surface area contributed by atoms with Gasteiger partial charge in [0.05, 0.1) is 0 Å². The number of carbonyl (C=O) groups is 2. The quantitative estimate of drug-likeness (QED) is 0.559. The molecule has 2 amide bonds. The maximum absolute atomic E-state index is 11.5. The van der Waals surface area contributed by atoms with Gasteiger partial charge in [-0.2, -0.15) is 5.10 Å². The summed E-state index contributed by atoms with van der Waals surface area (Å²) in [6, 6.07) is -1.40. The van der Waals surface area contributed by atoms with Gasteiger partial charge in [0, 0.05) is 13.0 Å². The molecule has 18 heavy (non-hydrogen) atoms. The van der Waals surface area contributed by atoms with Crippen LogP contribution in [0.5, 0.6) is 0 Å². The summed E-state index contributed by atoms with van der Waals surface area (Å²) in [6.07, 6.45) is 1.89. The van der Waals surface area contributed by atoms with Crippen molar-refractivity contribution in [2.45, 2.75) is 26.3 Å². The monoisotopic (exact) mass is 255 g/mol. The third-order valence-electron chi connectivity index (χ3n) is 2.33. The highest BCUT2D eigenvalue weighted by Gasteiger charge is 2.22. The molecule has 4 N–H and O–H groups in total. The summed E-state index contributed by atoms with van der Waals surface area (Å²) in [7, 11) is 0. The van der Waals surface area contributed by atoms with Crippen molar-refractivity contribution in [2.75, 3.05) is 6.54 Å². The number of nitrogens with one attached hydrogen (secondary N) is 3. The molecule has 0 saturated heterocycles. The molecule has 1 heterocycles. The summed E-state index contributed by atoms with van der Waals surface area (Å²) in [4.78, 5) is 26.2. The van der Waals surface area contributed by atoms with Crippen molar-refractivity contribution in [1.82, 2.24) is 25.8 Å². The van der Waals surface area contributed by atoms with E-state index in [0.717, 1.165) is 0 Å². The minimum atomic E-state index is -1.05. The van der Waals surface area contributed by atoms with Crippen LogP contribution in [0.3, 0.4) is 0 Å². The number of aromatic nitrogens is 3. The number of hydrogen-bond acceptors (Lipinski definition) is 4. The summed E-state index contributed by atoms with van der Waals surface area (Å²) in [5.41, 5.74) is 0. The number of urea groups is 1. The zero-order chi connectivity index (χ0) is 13.5. The van der Waals surface area contributed by atoms with E-state index in [2.05, 4.69) is 25.8 Å². The molecule has 0 saturated carbocycles. The van der Waals surface area contributed by atoms with Gasteiger partial charge >= 0.3 is 12.0 Å². The standard InChI is InChI=1S/C10H17N5O3/c1-6(2)8(9(16)17)14-10(18)11-4-3-7-12-5-13-15-7/h5-6,8H,3-4H2,1-2H3,(H,16,17)(H2,11,14,18)(H,12,13,15)/t8-/m0/s1.